The van der Waals surface area contributed by atoms with E-state index in [0.717, 1.165) is 12.1 Å². The number of fused-ring (bicyclic) bond motifs is 1. The van der Waals surface area contributed by atoms with E-state index in [9.17, 15) is 31.1 Å². The van der Waals surface area contributed by atoms with Gasteiger partial charge in [0.15, 0.2) is 28.8 Å². The molecule has 0 saturated carbocycles. The molecule has 0 radical (unpaired) electrons. The first kappa shape index (κ1) is 31.9. The van der Waals surface area contributed by atoms with Crippen LogP contribution >= 0.6 is 0 Å². The predicted octanol–water partition coefficient (Wildman–Crippen LogP) is 7.12. The Balaban J connectivity index is 1.32. The first-order chi connectivity index (χ1) is 22.4. The van der Waals surface area contributed by atoms with Crippen LogP contribution in [0.1, 0.15) is 53.9 Å². The average Bonchev–Trinajstić information content (AvgIpc) is 3.76. The number of aliphatic imine (C=N–C) groups is 1. The summed E-state index contributed by atoms with van der Waals surface area (Å²) in [6.07, 6.45) is 4.19. The van der Waals surface area contributed by atoms with Gasteiger partial charge in [0.05, 0.1) is 43.2 Å². The number of carbonyl (C=O) groups is 1. The minimum absolute atomic E-state index is 0.0194. The highest BCUT2D eigenvalue weighted by Gasteiger charge is 2.47. The SMILES string of the molecule is CCCn1c(-c2cnn(Cc3cccc(F)c3F)c2)nc2c1C(=O)[N+](CCC)(c1cnn(Cc3ccc(C(F)(F)F)c(F)c3)c1)C=N2. The molecule has 0 N–H and O–H groups in total. The van der Waals surface area contributed by atoms with Crippen molar-refractivity contribution < 1.29 is 31.1 Å². The third-order valence-electron chi connectivity index (χ3n) is 7.93. The summed E-state index contributed by atoms with van der Waals surface area (Å²) in [6.45, 7) is 4.56. The van der Waals surface area contributed by atoms with Gasteiger partial charge >= 0.3 is 12.1 Å². The quantitative estimate of drug-likeness (QED) is 0.119. The van der Waals surface area contributed by atoms with Crippen molar-refractivity contribution in [2.24, 2.45) is 4.99 Å². The normalized spacial score (nSPS) is 16.2. The Hall–Kier alpha value is -5.05. The number of alkyl halides is 3. The Kier molecular flexibility index (Phi) is 8.34. The van der Waals surface area contributed by atoms with Gasteiger partial charge in [-0.3, -0.25) is 9.36 Å². The molecule has 0 fully saturated rings. The molecule has 1 atom stereocenters. The number of aromatic nitrogens is 6. The molecule has 9 nitrogen and oxygen atoms in total. The summed E-state index contributed by atoms with van der Waals surface area (Å²) < 4.78 is 85.6. The summed E-state index contributed by atoms with van der Waals surface area (Å²) in [4.78, 5) is 23.7. The highest BCUT2D eigenvalue weighted by molar-refractivity contribution is 6.15. The Morgan fingerprint density at radius 3 is 2.38 bits per heavy atom. The summed E-state index contributed by atoms with van der Waals surface area (Å²) in [7, 11) is 0. The van der Waals surface area contributed by atoms with Gasteiger partial charge in [-0.05, 0) is 36.6 Å². The van der Waals surface area contributed by atoms with Crippen LogP contribution in [0.15, 0.2) is 66.2 Å². The van der Waals surface area contributed by atoms with Gasteiger partial charge in [0.25, 0.3) is 0 Å². The number of rotatable bonds is 10. The summed E-state index contributed by atoms with van der Waals surface area (Å²) in [5.41, 5.74) is 0.337. The van der Waals surface area contributed by atoms with E-state index in [-0.39, 0.29) is 46.1 Å². The summed E-state index contributed by atoms with van der Waals surface area (Å²) in [6, 6.07) is 6.63. The van der Waals surface area contributed by atoms with E-state index < -0.39 is 29.2 Å². The van der Waals surface area contributed by atoms with Crippen LogP contribution in [-0.4, -0.2) is 47.9 Å². The molecule has 1 aliphatic rings. The maximum Gasteiger partial charge on any atom is 0.419 e. The molecule has 0 aliphatic carbocycles. The lowest BCUT2D eigenvalue weighted by Crippen LogP contribution is -2.55. The predicted molar refractivity (Wildman–Crippen MR) is 161 cm³/mol. The minimum atomic E-state index is -4.81. The van der Waals surface area contributed by atoms with Crippen molar-refractivity contribution >= 4 is 23.8 Å². The van der Waals surface area contributed by atoms with E-state index in [2.05, 4.69) is 20.2 Å². The third-order valence-corrected chi connectivity index (χ3v) is 7.93. The fourth-order valence-electron chi connectivity index (χ4n) is 5.75. The second-order valence-electron chi connectivity index (χ2n) is 11.2. The van der Waals surface area contributed by atoms with E-state index in [4.69, 9.17) is 0 Å². The Labute approximate surface area is 265 Å². The molecule has 1 unspecified atom stereocenters. The van der Waals surface area contributed by atoms with Gasteiger partial charge in [-0.2, -0.15) is 32.8 Å². The smallest absolute Gasteiger partial charge is 0.315 e. The summed E-state index contributed by atoms with van der Waals surface area (Å²) >= 11 is 0. The minimum Gasteiger partial charge on any atom is -0.315 e. The maximum absolute atomic E-state index is 14.5. The molecule has 0 bridgehead atoms. The number of benzene rings is 2. The first-order valence-electron chi connectivity index (χ1n) is 14.9. The molecule has 3 aromatic heterocycles. The number of carbonyl (C=O) groups excluding carboxylic acids is 1. The topological polar surface area (TPSA) is 82.9 Å². The van der Waals surface area contributed by atoms with Gasteiger partial charge in [-0.25, -0.2) is 22.9 Å². The average molecular weight is 656 g/mol. The number of amides is 1. The van der Waals surface area contributed by atoms with Gasteiger partial charge in [-0.15, -0.1) is 0 Å². The number of imidazole rings is 1. The molecular weight excluding hydrogens is 626 g/mol. The lowest BCUT2D eigenvalue weighted by atomic mass is 10.1. The lowest BCUT2D eigenvalue weighted by molar-refractivity contribution is -0.140. The summed E-state index contributed by atoms with van der Waals surface area (Å²) in [5, 5.41) is 8.63. The zero-order chi connectivity index (χ0) is 33.5. The molecule has 0 spiro atoms. The van der Waals surface area contributed by atoms with Crippen LogP contribution < -0.4 is 4.48 Å². The number of hydrogen-bond donors (Lipinski definition) is 0. The van der Waals surface area contributed by atoms with Gasteiger partial charge in [0.2, 0.25) is 6.34 Å². The van der Waals surface area contributed by atoms with Gasteiger partial charge in [0, 0.05) is 18.3 Å². The molecule has 244 valence electrons. The number of halogens is 6. The van der Waals surface area contributed by atoms with E-state index in [1.165, 1.54) is 46.3 Å². The number of quaternary nitrogens is 1. The van der Waals surface area contributed by atoms with Crippen LogP contribution in [0, 0.1) is 17.5 Å². The largest absolute Gasteiger partial charge is 0.419 e. The van der Waals surface area contributed by atoms with E-state index in [1.807, 2.05) is 13.8 Å². The van der Waals surface area contributed by atoms with Gasteiger partial charge < -0.3 is 4.57 Å². The van der Waals surface area contributed by atoms with Crippen molar-refractivity contribution in [3.63, 3.8) is 0 Å². The van der Waals surface area contributed by atoms with E-state index >= 15 is 0 Å². The fraction of sp³-hybridized carbons (Fsp3) is 0.281. The Morgan fingerprint density at radius 2 is 1.66 bits per heavy atom. The van der Waals surface area contributed by atoms with Crippen LogP contribution in [0.25, 0.3) is 11.4 Å². The molecule has 47 heavy (non-hydrogen) atoms. The molecule has 0 saturated heterocycles. The van der Waals surface area contributed by atoms with Crippen LogP contribution in [0.5, 0.6) is 0 Å². The maximum atomic E-state index is 14.5. The Morgan fingerprint density at radius 1 is 0.894 bits per heavy atom. The zero-order valence-corrected chi connectivity index (χ0v) is 25.3. The van der Waals surface area contributed by atoms with Crippen molar-refractivity contribution in [1.29, 1.82) is 0 Å². The number of nitrogens with zero attached hydrogens (tertiary/aromatic N) is 8. The standard InChI is InChI=1S/C32H29F6N8O/c1-3-10-45-28-29(42-30(45)22-13-40-44(17-22)16-21-6-5-7-25(33)27(21)35)39-19-46(11-4-2,31(28)47)23-14-41-43(18-23)15-20-8-9-24(26(34)12-20)32(36,37)38/h5-9,12-14,17-19H,3-4,10-11,15-16H2,1-2H3/q+1. The van der Waals surface area contributed by atoms with Crippen LogP contribution in [0.3, 0.4) is 0 Å². The monoisotopic (exact) mass is 655 g/mol. The molecule has 2 aromatic carbocycles. The van der Waals surface area contributed by atoms with Crippen molar-refractivity contribution in [2.45, 2.75) is 52.5 Å². The van der Waals surface area contributed by atoms with E-state index in [1.54, 1.807) is 17.0 Å². The molecule has 5 aromatic rings. The fourth-order valence-corrected chi connectivity index (χ4v) is 5.75. The number of hydrogen-bond acceptors (Lipinski definition) is 5. The van der Waals surface area contributed by atoms with Crippen LogP contribution in [0.4, 0.5) is 37.8 Å². The second kappa shape index (κ2) is 12.3. The van der Waals surface area contributed by atoms with Crippen molar-refractivity contribution in [2.75, 3.05) is 6.54 Å². The second-order valence-corrected chi connectivity index (χ2v) is 11.2. The van der Waals surface area contributed by atoms with Gasteiger partial charge in [-0.1, -0.05) is 32.0 Å². The summed E-state index contributed by atoms with van der Waals surface area (Å²) in [5.74, 6) is -2.94. The highest BCUT2D eigenvalue weighted by atomic mass is 19.4. The molecule has 1 aliphatic heterocycles. The first-order valence-corrected chi connectivity index (χ1v) is 14.9. The molecule has 15 heteroatoms. The Bertz CT molecular complexity index is 1990. The van der Waals surface area contributed by atoms with Crippen molar-refractivity contribution in [3.8, 4) is 11.4 Å². The van der Waals surface area contributed by atoms with Crippen LogP contribution in [0.2, 0.25) is 0 Å². The van der Waals surface area contributed by atoms with Gasteiger partial charge in [0.1, 0.15) is 17.8 Å². The molecular formula is C32H29F6N8O+. The zero-order valence-electron chi connectivity index (χ0n) is 25.3. The molecule has 4 heterocycles. The van der Waals surface area contributed by atoms with E-state index in [0.29, 0.717) is 49.1 Å². The lowest BCUT2D eigenvalue weighted by Gasteiger charge is -2.31. The molecule has 1 amide bonds. The van der Waals surface area contributed by atoms with Crippen LogP contribution in [-0.2, 0) is 25.8 Å². The van der Waals surface area contributed by atoms with Crippen molar-refractivity contribution in [3.05, 3.63) is 101 Å². The molecule has 6 rings (SSSR count). The van der Waals surface area contributed by atoms with Crippen molar-refractivity contribution in [1.82, 2.24) is 33.6 Å². The third kappa shape index (κ3) is 5.86. The highest BCUT2D eigenvalue weighted by Crippen LogP contribution is 2.37.